The summed E-state index contributed by atoms with van der Waals surface area (Å²) in [5, 5.41) is 54.0. The molecule has 7 atom stereocenters. The summed E-state index contributed by atoms with van der Waals surface area (Å²) in [4.78, 5) is 12.9. The first-order valence-corrected chi connectivity index (χ1v) is 21.7. The van der Waals surface area contributed by atoms with Crippen molar-refractivity contribution in [1.29, 1.82) is 0 Å². The number of nitrogens with one attached hydrogen (secondary N) is 1. The fraction of sp³-hybridized carbons (Fsp3) is 0.841. The van der Waals surface area contributed by atoms with Crippen molar-refractivity contribution in [3.8, 4) is 0 Å². The van der Waals surface area contributed by atoms with Gasteiger partial charge in [-0.25, -0.2) is 0 Å². The molecule has 1 aliphatic heterocycles. The fourth-order valence-electron chi connectivity index (χ4n) is 6.64. The Morgan fingerprint density at radius 1 is 0.623 bits per heavy atom. The van der Waals surface area contributed by atoms with E-state index < -0.39 is 49.5 Å². The number of unbranched alkanes of at least 4 members (excludes halogenated alkanes) is 21. The highest BCUT2D eigenvalue weighted by molar-refractivity contribution is 5.76. The molecule has 310 valence electrons. The van der Waals surface area contributed by atoms with E-state index in [1.807, 2.05) is 6.08 Å². The third kappa shape index (κ3) is 26.0. The number of amides is 1. The minimum atomic E-state index is -1.57. The second kappa shape index (κ2) is 34.9. The van der Waals surface area contributed by atoms with Crippen LogP contribution in [0.3, 0.4) is 0 Å². The summed E-state index contributed by atoms with van der Waals surface area (Å²) in [7, 11) is 0. The minimum Gasteiger partial charge on any atom is -0.394 e. The van der Waals surface area contributed by atoms with Crippen LogP contribution < -0.4 is 5.32 Å². The van der Waals surface area contributed by atoms with Gasteiger partial charge in [-0.3, -0.25) is 4.79 Å². The summed E-state index contributed by atoms with van der Waals surface area (Å²) in [6.45, 7) is 3.72. The summed E-state index contributed by atoms with van der Waals surface area (Å²) in [5.41, 5.74) is 0. The molecule has 0 radical (unpaired) electrons. The average Bonchev–Trinajstić information content (AvgIpc) is 3.16. The lowest BCUT2D eigenvalue weighted by molar-refractivity contribution is -0.302. The molecule has 0 spiro atoms. The zero-order valence-corrected chi connectivity index (χ0v) is 33.8. The minimum absolute atomic E-state index is 0.194. The standard InChI is InChI=1S/C44H81NO8/c1-3-5-7-9-11-13-15-17-19-21-23-25-27-29-31-33-38(47)37(36-52-44-43(51)42(50)41(49)39(35-46)53-44)45-40(48)34-32-30-28-26-24-22-20-18-16-14-12-10-8-6-4-2/h14,16,23,25,31,33,37-39,41-44,46-47,49-51H,3-13,15,17-22,24,26-30,32,34-36H2,1-2H3,(H,45,48)/b16-14-,25-23+,33-31+. The summed E-state index contributed by atoms with van der Waals surface area (Å²) < 4.78 is 11.2. The van der Waals surface area contributed by atoms with Crippen LogP contribution in [0.4, 0.5) is 0 Å². The molecular weight excluding hydrogens is 670 g/mol. The lowest BCUT2D eigenvalue weighted by atomic mass is 9.99. The van der Waals surface area contributed by atoms with Crippen LogP contribution in [0.15, 0.2) is 36.5 Å². The van der Waals surface area contributed by atoms with E-state index in [2.05, 4.69) is 43.5 Å². The first-order chi connectivity index (χ1) is 25.8. The second-order valence-electron chi connectivity index (χ2n) is 15.1. The predicted molar refractivity (Wildman–Crippen MR) is 216 cm³/mol. The van der Waals surface area contributed by atoms with Crippen LogP contribution >= 0.6 is 0 Å². The Labute approximate surface area is 323 Å². The molecule has 0 aromatic carbocycles. The number of aliphatic hydroxyl groups is 5. The first-order valence-electron chi connectivity index (χ1n) is 21.7. The summed E-state index contributed by atoms with van der Waals surface area (Å²) in [6.07, 6.45) is 34.7. The van der Waals surface area contributed by atoms with Crippen LogP contribution in [-0.4, -0.2) is 87.5 Å². The van der Waals surface area contributed by atoms with Gasteiger partial charge >= 0.3 is 0 Å². The summed E-state index contributed by atoms with van der Waals surface area (Å²) >= 11 is 0. The van der Waals surface area contributed by atoms with Gasteiger partial charge in [0.1, 0.15) is 24.4 Å². The van der Waals surface area contributed by atoms with Crippen LogP contribution in [0, 0.1) is 0 Å². The molecule has 0 aromatic heterocycles. The number of hydrogen-bond acceptors (Lipinski definition) is 8. The van der Waals surface area contributed by atoms with Gasteiger partial charge in [-0.15, -0.1) is 0 Å². The fourth-order valence-corrected chi connectivity index (χ4v) is 6.64. The highest BCUT2D eigenvalue weighted by atomic mass is 16.7. The van der Waals surface area contributed by atoms with E-state index >= 15 is 0 Å². The molecule has 1 aliphatic rings. The van der Waals surface area contributed by atoms with Crippen molar-refractivity contribution in [3.63, 3.8) is 0 Å². The number of ether oxygens (including phenoxy) is 2. The maximum Gasteiger partial charge on any atom is 0.220 e. The normalized spacial score (nSPS) is 22.0. The van der Waals surface area contributed by atoms with E-state index in [9.17, 15) is 30.3 Å². The maximum atomic E-state index is 12.9. The molecule has 6 N–H and O–H groups in total. The Morgan fingerprint density at radius 3 is 1.60 bits per heavy atom. The molecule has 0 aliphatic carbocycles. The highest BCUT2D eigenvalue weighted by Gasteiger charge is 2.44. The Bertz CT molecular complexity index is 925. The quantitative estimate of drug-likeness (QED) is 0.0279. The Hall–Kier alpha value is -1.59. The van der Waals surface area contributed by atoms with E-state index in [0.29, 0.717) is 6.42 Å². The maximum absolute atomic E-state index is 12.9. The van der Waals surface area contributed by atoms with Gasteiger partial charge in [-0.1, -0.05) is 153 Å². The van der Waals surface area contributed by atoms with Gasteiger partial charge in [0.2, 0.25) is 5.91 Å². The average molecular weight is 752 g/mol. The van der Waals surface area contributed by atoms with E-state index in [-0.39, 0.29) is 12.5 Å². The van der Waals surface area contributed by atoms with Crippen LogP contribution in [-0.2, 0) is 14.3 Å². The topological polar surface area (TPSA) is 149 Å². The smallest absolute Gasteiger partial charge is 0.220 e. The summed E-state index contributed by atoms with van der Waals surface area (Å²) in [6, 6.07) is -0.821. The van der Waals surface area contributed by atoms with Crippen molar-refractivity contribution >= 4 is 5.91 Å². The van der Waals surface area contributed by atoms with Crippen molar-refractivity contribution in [2.45, 2.75) is 224 Å². The highest BCUT2D eigenvalue weighted by Crippen LogP contribution is 2.22. The van der Waals surface area contributed by atoms with Gasteiger partial charge in [0, 0.05) is 6.42 Å². The Morgan fingerprint density at radius 2 is 1.08 bits per heavy atom. The second-order valence-corrected chi connectivity index (χ2v) is 15.1. The van der Waals surface area contributed by atoms with Gasteiger partial charge in [0.15, 0.2) is 6.29 Å². The van der Waals surface area contributed by atoms with E-state index in [1.54, 1.807) is 6.08 Å². The molecule has 1 heterocycles. The monoisotopic (exact) mass is 752 g/mol. The SMILES string of the molecule is CCCCCC/C=C\CCCCCCCCCC(=O)NC(COC1OC(CO)C(O)C(O)C1O)C(O)/C=C/CC/C=C/CCCCCCCCCCC. The third-order valence-electron chi connectivity index (χ3n) is 10.2. The van der Waals surface area contributed by atoms with Gasteiger partial charge in [0.05, 0.1) is 25.4 Å². The van der Waals surface area contributed by atoms with Crippen LogP contribution in [0.2, 0.25) is 0 Å². The zero-order chi connectivity index (χ0) is 38.8. The van der Waals surface area contributed by atoms with Crippen LogP contribution in [0.5, 0.6) is 0 Å². The first kappa shape index (κ1) is 49.4. The number of carbonyl (C=O) groups is 1. The van der Waals surface area contributed by atoms with Gasteiger partial charge in [0.25, 0.3) is 0 Å². The lowest BCUT2D eigenvalue weighted by Crippen LogP contribution is -2.60. The van der Waals surface area contributed by atoms with Crippen molar-refractivity contribution in [1.82, 2.24) is 5.32 Å². The number of hydrogen-bond donors (Lipinski definition) is 6. The molecule has 9 heteroatoms. The lowest BCUT2D eigenvalue weighted by Gasteiger charge is -2.40. The number of aliphatic hydroxyl groups excluding tert-OH is 5. The van der Waals surface area contributed by atoms with Crippen LogP contribution in [0.25, 0.3) is 0 Å². The van der Waals surface area contributed by atoms with E-state index in [0.717, 1.165) is 51.4 Å². The van der Waals surface area contributed by atoms with Crippen molar-refractivity contribution in [2.75, 3.05) is 13.2 Å². The van der Waals surface area contributed by atoms with E-state index in [1.165, 1.54) is 109 Å². The Kier molecular flexibility index (Phi) is 32.5. The molecule has 53 heavy (non-hydrogen) atoms. The van der Waals surface area contributed by atoms with Gasteiger partial charge < -0.3 is 40.3 Å². The molecule has 7 unspecified atom stereocenters. The van der Waals surface area contributed by atoms with Crippen LogP contribution in [0.1, 0.15) is 181 Å². The number of rotatable bonds is 35. The van der Waals surface area contributed by atoms with Crippen molar-refractivity contribution < 1.29 is 39.8 Å². The largest absolute Gasteiger partial charge is 0.394 e. The van der Waals surface area contributed by atoms with Gasteiger partial charge in [-0.2, -0.15) is 0 Å². The molecule has 0 bridgehead atoms. The predicted octanol–water partition coefficient (Wildman–Crippen LogP) is 8.50. The molecule has 0 aromatic rings. The van der Waals surface area contributed by atoms with E-state index in [4.69, 9.17) is 9.47 Å². The summed E-state index contributed by atoms with van der Waals surface area (Å²) in [5.74, 6) is -0.194. The number of allylic oxidation sites excluding steroid dienone is 5. The van der Waals surface area contributed by atoms with Crippen molar-refractivity contribution in [2.24, 2.45) is 0 Å². The molecule has 1 saturated heterocycles. The van der Waals surface area contributed by atoms with Crippen molar-refractivity contribution in [3.05, 3.63) is 36.5 Å². The zero-order valence-electron chi connectivity index (χ0n) is 33.8. The molecule has 0 saturated carbocycles. The molecule has 1 amide bonds. The molecule has 1 rings (SSSR count). The Balaban J connectivity index is 2.43. The molecule has 9 nitrogen and oxygen atoms in total. The molecular formula is C44H81NO8. The molecule has 1 fully saturated rings. The van der Waals surface area contributed by atoms with Gasteiger partial charge in [-0.05, 0) is 57.8 Å². The third-order valence-corrected chi connectivity index (χ3v) is 10.2. The number of carbonyl (C=O) groups excluding carboxylic acids is 1.